The molecule has 1 aromatic rings. The molecule has 0 aliphatic carbocycles. The molecule has 2 rings (SSSR count). The maximum Gasteiger partial charge on any atom is 0.264 e. The van der Waals surface area contributed by atoms with Crippen LogP contribution in [0.5, 0.6) is 0 Å². The molecule has 0 saturated carbocycles. The third kappa shape index (κ3) is 3.23. The lowest BCUT2D eigenvalue weighted by molar-refractivity contribution is -0.152. The number of aromatic nitrogens is 1. The maximum atomic E-state index is 10.8. The van der Waals surface area contributed by atoms with Crippen molar-refractivity contribution >= 4 is 21.5 Å². The SMILES string of the molecule is CC1(c2csc(COS(C)(=O)=O)n2)OCCO1. The minimum absolute atomic E-state index is 0.0560. The molecule has 0 bridgehead atoms. The van der Waals surface area contributed by atoms with Gasteiger partial charge in [0.15, 0.2) is 0 Å². The zero-order valence-corrected chi connectivity index (χ0v) is 11.1. The van der Waals surface area contributed by atoms with Crippen molar-refractivity contribution in [2.45, 2.75) is 19.3 Å². The highest BCUT2D eigenvalue weighted by Gasteiger charge is 2.35. The van der Waals surface area contributed by atoms with Crippen molar-refractivity contribution in [2.75, 3.05) is 19.5 Å². The Kier molecular flexibility index (Phi) is 3.50. The Balaban J connectivity index is 2.06. The number of ether oxygens (including phenoxy) is 2. The number of rotatable bonds is 4. The summed E-state index contributed by atoms with van der Waals surface area (Å²) in [7, 11) is -3.44. The van der Waals surface area contributed by atoms with Gasteiger partial charge in [-0.15, -0.1) is 11.3 Å². The molecular weight excluding hydrogens is 266 g/mol. The van der Waals surface area contributed by atoms with E-state index in [0.717, 1.165) is 6.26 Å². The van der Waals surface area contributed by atoms with Gasteiger partial charge in [0.1, 0.15) is 17.3 Å². The molecule has 0 N–H and O–H groups in total. The minimum Gasteiger partial charge on any atom is -0.342 e. The van der Waals surface area contributed by atoms with E-state index >= 15 is 0 Å². The largest absolute Gasteiger partial charge is 0.342 e. The fourth-order valence-electron chi connectivity index (χ4n) is 1.41. The zero-order valence-electron chi connectivity index (χ0n) is 9.50. The molecule has 6 nitrogen and oxygen atoms in total. The van der Waals surface area contributed by atoms with Crippen LogP contribution in [-0.2, 0) is 36.2 Å². The van der Waals surface area contributed by atoms with Gasteiger partial charge < -0.3 is 9.47 Å². The average Bonchev–Trinajstić information content (AvgIpc) is 2.83. The second-order valence-corrected chi connectivity index (χ2v) is 6.32. The van der Waals surface area contributed by atoms with Crippen molar-refractivity contribution in [3.63, 3.8) is 0 Å². The first-order chi connectivity index (χ1) is 7.89. The molecule has 0 radical (unpaired) electrons. The van der Waals surface area contributed by atoms with E-state index in [9.17, 15) is 8.42 Å². The second-order valence-electron chi connectivity index (χ2n) is 3.74. The fraction of sp³-hybridized carbons (Fsp3) is 0.667. The summed E-state index contributed by atoms with van der Waals surface area (Å²) < 4.78 is 37.2. The Labute approximate surface area is 104 Å². The fourth-order valence-corrected chi connectivity index (χ4v) is 2.60. The average molecular weight is 279 g/mol. The Morgan fingerprint density at radius 2 is 2.18 bits per heavy atom. The summed E-state index contributed by atoms with van der Waals surface area (Å²) in [5.74, 6) is -0.820. The van der Waals surface area contributed by atoms with Gasteiger partial charge >= 0.3 is 0 Å². The van der Waals surface area contributed by atoms with Crippen LogP contribution >= 0.6 is 11.3 Å². The molecule has 1 saturated heterocycles. The normalized spacial score (nSPS) is 19.6. The van der Waals surface area contributed by atoms with Gasteiger partial charge in [-0.1, -0.05) is 0 Å². The van der Waals surface area contributed by atoms with Crippen LogP contribution in [0.15, 0.2) is 5.38 Å². The quantitative estimate of drug-likeness (QED) is 0.760. The topological polar surface area (TPSA) is 74.7 Å². The van der Waals surface area contributed by atoms with E-state index in [-0.39, 0.29) is 6.61 Å². The Morgan fingerprint density at radius 1 is 1.53 bits per heavy atom. The van der Waals surface area contributed by atoms with Gasteiger partial charge in [0, 0.05) is 5.38 Å². The van der Waals surface area contributed by atoms with E-state index < -0.39 is 15.9 Å². The first-order valence-corrected chi connectivity index (χ1v) is 7.66. The summed E-state index contributed by atoms with van der Waals surface area (Å²) in [6, 6.07) is 0. The van der Waals surface area contributed by atoms with E-state index in [2.05, 4.69) is 9.17 Å². The van der Waals surface area contributed by atoms with Crippen LogP contribution < -0.4 is 0 Å². The number of hydrogen-bond donors (Lipinski definition) is 0. The van der Waals surface area contributed by atoms with Gasteiger partial charge in [-0.3, -0.25) is 4.18 Å². The summed E-state index contributed by atoms with van der Waals surface area (Å²) in [6.07, 6.45) is 1.01. The first kappa shape index (κ1) is 12.9. The third-order valence-corrected chi connectivity index (χ3v) is 3.62. The number of thiazole rings is 1. The summed E-state index contributed by atoms with van der Waals surface area (Å²) in [5.41, 5.74) is 0.645. The molecule has 0 spiro atoms. The molecule has 8 heteroatoms. The van der Waals surface area contributed by atoms with Gasteiger partial charge in [0.25, 0.3) is 10.1 Å². The van der Waals surface area contributed by atoms with Crippen LogP contribution in [0, 0.1) is 0 Å². The lowest BCUT2D eigenvalue weighted by atomic mass is 10.2. The molecule has 1 aromatic heterocycles. The highest BCUT2D eigenvalue weighted by atomic mass is 32.2. The van der Waals surface area contributed by atoms with Crippen LogP contribution in [0.3, 0.4) is 0 Å². The van der Waals surface area contributed by atoms with Crippen molar-refractivity contribution < 1.29 is 22.1 Å². The maximum absolute atomic E-state index is 10.8. The molecule has 1 fully saturated rings. The van der Waals surface area contributed by atoms with Gasteiger partial charge in [-0.05, 0) is 6.92 Å². The van der Waals surface area contributed by atoms with Crippen molar-refractivity contribution in [2.24, 2.45) is 0 Å². The van der Waals surface area contributed by atoms with Gasteiger partial charge in [0.2, 0.25) is 5.79 Å². The van der Waals surface area contributed by atoms with Crippen LogP contribution in [0.2, 0.25) is 0 Å². The Bertz CT molecular complexity index is 489. The first-order valence-electron chi connectivity index (χ1n) is 4.96. The Hall–Kier alpha value is -0.540. The zero-order chi connectivity index (χ0) is 12.5. The van der Waals surface area contributed by atoms with E-state index in [1.54, 1.807) is 12.3 Å². The van der Waals surface area contributed by atoms with Crippen molar-refractivity contribution in [1.82, 2.24) is 4.98 Å². The van der Waals surface area contributed by atoms with Crippen LogP contribution in [0.4, 0.5) is 0 Å². The molecule has 0 amide bonds. The summed E-state index contributed by atoms with van der Waals surface area (Å²) >= 11 is 1.32. The van der Waals surface area contributed by atoms with Gasteiger partial charge in [-0.2, -0.15) is 8.42 Å². The lowest BCUT2D eigenvalue weighted by Gasteiger charge is -2.19. The van der Waals surface area contributed by atoms with Gasteiger partial charge in [-0.25, -0.2) is 4.98 Å². The van der Waals surface area contributed by atoms with Crippen molar-refractivity contribution in [1.29, 1.82) is 0 Å². The summed E-state index contributed by atoms with van der Waals surface area (Å²) in [5, 5.41) is 2.36. The molecule has 0 aromatic carbocycles. The standard InChI is InChI=1S/C9H13NO5S2/c1-9(13-3-4-14-9)7-6-16-8(10-7)5-15-17(2,11)12/h6H,3-5H2,1-2H3. The van der Waals surface area contributed by atoms with Crippen LogP contribution in [-0.4, -0.2) is 32.9 Å². The minimum atomic E-state index is -3.44. The summed E-state index contributed by atoms with van der Waals surface area (Å²) in [6.45, 7) is 2.79. The molecule has 1 aliphatic rings. The second kappa shape index (κ2) is 4.62. The molecule has 96 valence electrons. The van der Waals surface area contributed by atoms with Crippen LogP contribution in [0.25, 0.3) is 0 Å². The molecule has 2 heterocycles. The predicted octanol–water partition coefficient (Wildman–Crippen LogP) is 0.839. The third-order valence-electron chi connectivity index (χ3n) is 2.25. The smallest absolute Gasteiger partial charge is 0.264 e. The lowest BCUT2D eigenvalue weighted by Crippen LogP contribution is -2.22. The van der Waals surface area contributed by atoms with Crippen LogP contribution in [0.1, 0.15) is 17.6 Å². The van der Waals surface area contributed by atoms with Crippen molar-refractivity contribution in [3.8, 4) is 0 Å². The monoisotopic (exact) mass is 279 g/mol. The highest BCUT2D eigenvalue weighted by molar-refractivity contribution is 7.85. The molecule has 0 atom stereocenters. The van der Waals surface area contributed by atoms with E-state index in [1.165, 1.54) is 11.3 Å². The van der Waals surface area contributed by atoms with Crippen molar-refractivity contribution in [3.05, 3.63) is 16.1 Å². The molecule has 17 heavy (non-hydrogen) atoms. The van der Waals surface area contributed by atoms with Gasteiger partial charge in [0.05, 0.1) is 19.5 Å². The number of hydrogen-bond acceptors (Lipinski definition) is 7. The summed E-state index contributed by atoms with van der Waals surface area (Å²) in [4.78, 5) is 4.25. The highest BCUT2D eigenvalue weighted by Crippen LogP contribution is 2.31. The molecule has 0 unspecified atom stereocenters. The van der Waals surface area contributed by atoms with E-state index in [0.29, 0.717) is 23.9 Å². The molecular formula is C9H13NO5S2. The van der Waals surface area contributed by atoms with E-state index in [4.69, 9.17) is 9.47 Å². The molecule has 1 aliphatic heterocycles. The van der Waals surface area contributed by atoms with E-state index in [1.807, 2.05) is 0 Å². The Morgan fingerprint density at radius 3 is 2.76 bits per heavy atom. The predicted molar refractivity (Wildman–Crippen MR) is 61.0 cm³/mol. The number of nitrogens with zero attached hydrogens (tertiary/aromatic N) is 1.